The number of carbonyl (C=O) groups is 2. The number of rotatable bonds is 7. The van der Waals surface area contributed by atoms with Crippen molar-refractivity contribution in [3.05, 3.63) is 48.2 Å². The summed E-state index contributed by atoms with van der Waals surface area (Å²) in [5, 5.41) is 4.91. The second kappa shape index (κ2) is 7.92. The third-order valence-electron chi connectivity index (χ3n) is 4.08. The lowest BCUT2D eigenvalue weighted by Crippen LogP contribution is -2.40. The second-order valence-corrected chi connectivity index (χ2v) is 6.13. The number of halogens is 1. The van der Waals surface area contributed by atoms with Gasteiger partial charge in [-0.15, -0.1) is 0 Å². The number of aromatic nitrogens is 3. The van der Waals surface area contributed by atoms with E-state index < -0.39 is 5.91 Å². The minimum absolute atomic E-state index is 0.0839. The highest BCUT2D eigenvalue weighted by molar-refractivity contribution is 5.96. The Labute approximate surface area is 159 Å². The molecule has 1 amide bonds. The molecular formula is C18H18FN7O2. The van der Waals surface area contributed by atoms with Gasteiger partial charge >= 0.3 is 0 Å². The van der Waals surface area contributed by atoms with Crippen LogP contribution in [0.1, 0.15) is 23.8 Å². The summed E-state index contributed by atoms with van der Waals surface area (Å²) in [5.74, 6) is 5.15. The minimum atomic E-state index is -0.776. The van der Waals surface area contributed by atoms with E-state index in [9.17, 15) is 14.0 Å². The number of benzene rings is 1. The molecule has 0 spiro atoms. The van der Waals surface area contributed by atoms with Crippen LogP contribution in [-0.4, -0.2) is 33.2 Å². The van der Waals surface area contributed by atoms with E-state index in [1.807, 2.05) is 0 Å². The molecular weight excluding hydrogens is 365 g/mol. The Bertz CT molecular complexity index is 1040. The minimum Gasteiger partial charge on any atom is -0.364 e. The Morgan fingerprint density at radius 2 is 2.11 bits per heavy atom. The molecule has 1 unspecified atom stereocenters. The normalized spacial score (nSPS) is 11.8. The van der Waals surface area contributed by atoms with Crippen molar-refractivity contribution in [1.29, 1.82) is 0 Å². The van der Waals surface area contributed by atoms with E-state index in [4.69, 9.17) is 11.6 Å². The molecule has 10 heteroatoms. The number of primary amides is 1. The van der Waals surface area contributed by atoms with Gasteiger partial charge in [-0.25, -0.2) is 20.2 Å². The summed E-state index contributed by atoms with van der Waals surface area (Å²) < 4.78 is 13.3. The van der Waals surface area contributed by atoms with E-state index in [0.29, 0.717) is 16.6 Å². The van der Waals surface area contributed by atoms with Crippen molar-refractivity contribution in [3.63, 3.8) is 0 Å². The van der Waals surface area contributed by atoms with Crippen LogP contribution in [0.2, 0.25) is 0 Å². The number of fused-ring (bicyclic) bond motifs is 1. The number of aldehydes is 1. The summed E-state index contributed by atoms with van der Waals surface area (Å²) in [4.78, 5) is 34.9. The van der Waals surface area contributed by atoms with E-state index >= 15 is 0 Å². The molecule has 0 fully saturated rings. The zero-order valence-corrected chi connectivity index (χ0v) is 15.0. The average Bonchev–Trinajstić information content (AvgIpc) is 2.67. The third-order valence-corrected chi connectivity index (χ3v) is 4.08. The third kappa shape index (κ3) is 4.01. The molecule has 0 aliphatic carbocycles. The van der Waals surface area contributed by atoms with Gasteiger partial charge in [0.15, 0.2) is 17.3 Å². The molecule has 9 nitrogen and oxygen atoms in total. The highest BCUT2D eigenvalue weighted by Gasteiger charge is 2.18. The van der Waals surface area contributed by atoms with E-state index in [2.05, 4.69) is 20.3 Å². The number of hydrazine groups is 1. The summed E-state index contributed by atoms with van der Waals surface area (Å²) >= 11 is 0. The summed E-state index contributed by atoms with van der Waals surface area (Å²) in [7, 11) is 0. The zero-order chi connectivity index (χ0) is 20.3. The lowest BCUT2D eigenvalue weighted by molar-refractivity contribution is -0.108. The first-order chi connectivity index (χ1) is 13.4. The average molecular weight is 383 g/mol. The van der Waals surface area contributed by atoms with Gasteiger partial charge in [0.05, 0.1) is 29.6 Å². The molecule has 28 heavy (non-hydrogen) atoms. The maximum absolute atomic E-state index is 13.3. The fraction of sp³-hybridized carbons (Fsp3) is 0.167. The van der Waals surface area contributed by atoms with Gasteiger partial charge in [0, 0.05) is 17.9 Å². The van der Waals surface area contributed by atoms with Crippen LogP contribution < -0.4 is 21.9 Å². The lowest BCUT2D eigenvalue weighted by Gasteiger charge is -2.24. The van der Waals surface area contributed by atoms with Gasteiger partial charge in [-0.05, 0) is 25.1 Å². The van der Waals surface area contributed by atoms with Gasteiger partial charge in [-0.2, -0.15) is 0 Å². The fourth-order valence-corrected chi connectivity index (χ4v) is 2.55. The quantitative estimate of drug-likeness (QED) is 0.318. The molecule has 0 saturated heterocycles. The number of nitrogens with zero attached hydrogens (tertiary/aromatic N) is 4. The van der Waals surface area contributed by atoms with Crippen molar-refractivity contribution in [2.75, 3.05) is 10.3 Å². The van der Waals surface area contributed by atoms with E-state index in [-0.39, 0.29) is 35.6 Å². The van der Waals surface area contributed by atoms with Crippen LogP contribution >= 0.6 is 0 Å². The van der Waals surface area contributed by atoms with Crippen LogP contribution in [0.4, 0.5) is 21.7 Å². The van der Waals surface area contributed by atoms with Crippen LogP contribution in [0.5, 0.6) is 0 Å². The molecule has 2 heterocycles. The number of amides is 1. The van der Waals surface area contributed by atoms with Crippen LogP contribution in [-0.2, 0) is 4.79 Å². The Morgan fingerprint density at radius 1 is 1.32 bits per heavy atom. The predicted molar refractivity (Wildman–Crippen MR) is 102 cm³/mol. The number of hydrogen-bond donors (Lipinski definition) is 3. The monoisotopic (exact) mass is 383 g/mol. The molecule has 0 bridgehead atoms. The van der Waals surface area contributed by atoms with E-state index in [0.717, 1.165) is 6.29 Å². The van der Waals surface area contributed by atoms with E-state index in [1.54, 1.807) is 19.1 Å². The summed E-state index contributed by atoms with van der Waals surface area (Å²) in [6.07, 6.45) is 3.71. The zero-order valence-electron chi connectivity index (χ0n) is 15.0. The van der Waals surface area contributed by atoms with Crippen molar-refractivity contribution in [2.45, 2.75) is 19.4 Å². The Balaban J connectivity index is 1.97. The number of anilines is 3. The summed E-state index contributed by atoms with van der Waals surface area (Å²) in [6, 6.07) is 5.62. The maximum Gasteiger partial charge on any atom is 0.271 e. The molecule has 1 atom stereocenters. The van der Waals surface area contributed by atoms with Crippen LogP contribution in [0.15, 0.2) is 36.7 Å². The summed E-state index contributed by atoms with van der Waals surface area (Å²) in [5.41, 5.74) is 6.28. The molecule has 0 radical (unpaired) electrons. The molecule has 0 saturated carbocycles. The highest BCUT2D eigenvalue weighted by Crippen LogP contribution is 2.23. The molecule has 0 aliphatic rings. The van der Waals surface area contributed by atoms with Gasteiger partial charge in [-0.1, -0.05) is 0 Å². The maximum atomic E-state index is 13.3. The molecule has 2 aromatic heterocycles. The highest BCUT2D eigenvalue weighted by atomic mass is 19.1. The van der Waals surface area contributed by atoms with Gasteiger partial charge in [0.25, 0.3) is 5.91 Å². The number of nitrogens with one attached hydrogen (secondary N) is 1. The van der Waals surface area contributed by atoms with Gasteiger partial charge < -0.3 is 15.8 Å². The van der Waals surface area contributed by atoms with Crippen molar-refractivity contribution in [3.8, 4) is 0 Å². The first kappa shape index (κ1) is 19.1. The van der Waals surface area contributed by atoms with Gasteiger partial charge in [0.2, 0.25) is 0 Å². The second-order valence-electron chi connectivity index (χ2n) is 6.13. The lowest BCUT2D eigenvalue weighted by atomic mass is 10.2. The number of nitrogens with two attached hydrogens (primary N) is 2. The number of carbonyl (C=O) groups excluding carboxylic acids is 2. The van der Waals surface area contributed by atoms with Crippen molar-refractivity contribution in [1.82, 2.24) is 15.0 Å². The van der Waals surface area contributed by atoms with Crippen LogP contribution in [0, 0.1) is 5.82 Å². The SMILES string of the molecule is CC(CC=O)N(N)c1cnc(C(N)=O)c(Nc2cnc3cc(F)ccc3c2)n1. The number of pyridine rings is 1. The van der Waals surface area contributed by atoms with Crippen molar-refractivity contribution >= 4 is 40.4 Å². The van der Waals surface area contributed by atoms with Crippen molar-refractivity contribution in [2.24, 2.45) is 11.6 Å². The summed E-state index contributed by atoms with van der Waals surface area (Å²) in [6.45, 7) is 1.75. The molecule has 3 rings (SSSR count). The first-order valence-corrected chi connectivity index (χ1v) is 8.35. The Kier molecular flexibility index (Phi) is 5.41. The predicted octanol–water partition coefficient (Wildman–Crippen LogP) is 1.66. The van der Waals surface area contributed by atoms with Gasteiger partial charge in [0.1, 0.15) is 12.1 Å². The molecule has 0 aliphatic heterocycles. The standard InChI is InChI=1S/C18H18FN7O2/c1-10(4-5-27)26(21)15-9-23-16(17(20)28)18(25-15)24-13-6-11-2-3-12(19)7-14(11)22-8-13/h2-3,5-10H,4,21H2,1H3,(H2,20,28)(H,24,25). The Morgan fingerprint density at radius 3 is 2.82 bits per heavy atom. The molecule has 5 N–H and O–H groups in total. The topological polar surface area (TPSA) is 140 Å². The molecule has 1 aromatic carbocycles. The number of hydrogen-bond acceptors (Lipinski definition) is 8. The van der Waals surface area contributed by atoms with Crippen LogP contribution in [0.3, 0.4) is 0 Å². The van der Waals surface area contributed by atoms with Crippen LogP contribution in [0.25, 0.3) is 10.9 Å². The molecule has 3 aromatic rings. The van der Waals surface area contributed by atoms with Crippen molar-refractivity contribution < 1.29 is 14.0 Å². The molecule has 144 valence electrons. The fourth-order valence-electron chi connectivity index (χ4n) is 2.55. The van der Waals surface area contributed by atoms with Gasteiger partial charge in [-0.3, -0.25) is 14.8 Å². The smallest absolute Gasteiger partial charge is 0.271 e. The first-order valence-electron chi connectivity index (χ1n) is 8.35. The largest absolute Gasteiger partial charge is 0.364 e. The van der Waals surface area contributed by atoms with E-state index in [1.165, 1.54) is 29.5 Å². The Hall–Kier alpha value is -3.66.